The van der Waals surface area contributed by atoms with E-state index in [9.17, 15) is 4.79 Å². The minimum atomic E-state index is -1.05. The van der Waals surface area contributed by atoms with E-state index in [1.807, 2.05) is 24.3 Å². The number of benzene rings is 1. The van der Waals surface area contributed by atoms with Gasteiger partial charge in [0.25, 0.3) is 0 Å². The number of carboxylic acids is 1. The fraction of sp³-hybridized carbons (Fsp3) is 0.214. The number of nitrogens with zero attached hydrogens (tertiary/aromatic N) is 2. The lowest BCUT2D eigenvalue weighted by atomic mass is 10.2. The van der Waals surface area contributed by atoms with Crippen LogP contribution in [0.1, 0.15) is 11.3 Å². The highest BCUT2D eigenvalue weighted by Gasteiger charge is 2.05. The van der Waals surface area contributed by atoms with Crippen LogP contribution in [0.5, 0.6) is 5.88 Å². The SMILES string of the molecule is Cc1cc(OCC(=O)O)nc(NCc2ccc(Br)cc2)n1. The Bertz CT molecular complexity index is 632. The number of ether oxygens (including phenoxy) is 1. The maximum atomic E-state index is 10.5. The molecule has 110 valence electrons. The Labute approximate surface area is 130 Å². The molecule has 0 saturated carbocycles. The maximum Gasteiger partial charge on any atom is 0.341 e. The Kier molecular flexibility index (Phi) is 5.10. The van der Waals surface area contributed by atoms with Gasteiger partial charge in [0.05, 0.1) is 0 Å². The number of aryl methyl sites for hydroxylation is 1. The molecule has 0 bridgehead atoms. The van der Waals surface area contributed by atoms with Crippen molar-refractivity contribution in [2.24, 2.45) is 0 Å². The predicted molar refractivity (Wildman–Crippen MR) is 81.4 cm³/mol. The lowest BCUT2D eigenvalue weighted by Crippen LogP contribution is -2.12. The van der Waals surface area contributed by atoms with Gasteiger partial charge in [0.15, 0.2) is 6.61 Å². The summed E-state index contributed by atoms with van der Waals surface area (Å²) in [6.45, 7) is 1.93. The molecule has 0 aliphatic heterocycles. The van der Waals surface area contributed by atoms with E-state index >= 15 is 0 Å². The highest BCUT2D eigenvalue weighted by molar-refractivity contribution is 9.10. The first-order chi connectivity index (χ1) is 10.0. The van der Waals surface area contributed by atoms with E-state index in [2.05, 4.69) is 31.2 Å². The van der Waals surface area contributed by atoms with E-state index in [-0.39, 0.29) is 5.88 Å². The first-order valence-corrected chi connectivity index (χ1v) is 7.01. The summed E-state index contributed by atoms with van der Waals surface area (Å²) in [6.07, 6.45) is 0. The van der Waals surface area contributed by atoms with Crippen LogP contribution in [-0.2, 0) is 11.3 Å². The van der Waals surface area contributed by atoms with Gasteiger partial charge in [-0.3, -0.25) is 0 Å². The molecule has 2 N–H and O–H groups in total. The van der Waals surface area contributed by atoms with Crippen LogP contribution >= 0.6 is 15.9 Å². The Morgan fingerprint density at radius 1 is 1.33 bits per heavy atom. The van der Waals surface area contributed by atoms with Crippen molar-refractivity contribution in [1.29, 1.82) is 0 Å². The lowest BCUT2D eigenvalue weighted by Gasteiger charge is -2.08. The van der Waals surface area contributed by atoms with Gasteiger partial charge >= 0.3 is 5.97 Å². The van der Waals surface area contributed by atoms with Crippen molar-refractivity contribution >= 4 is 27.8 Å². The molecule has 6 nitrogen and oxygen atoms in total. The van der Waals surface area contributed by atoms with Crippen LogP contribution in [0, 0.1) is 6.92 Å². The molecular weight excluding hydrogens is 338 g/mol. The molecule has 0 amide bonds. The van der Waals surface area contributed by atoms with Crippen molar-refractivity contribution in [3.05, 3.63) is 46.1 Å². The van der Waals surface area contributed by atoms with Crippen molar-refractivity contribution in [2.45, 2.75) is 13.5 Å². The summed E-state index contributed by atoms with van der Waals surface area (Å²) in [5.74, 6) is -0.405. The molecule has 2 rings (SSSR count). The summed E-state index contributed by atoms with van der Waals surface area (Å²) >= 11 is 3.38. The van der Waals surface area contributed by atoms with Crippen molar-refractivity contribution in [3.63, 3.8) is 0 Å². The molecule has 0 aliphatic carbocycles. The first-order valence-electron chi connectivity index (χ1n) is 6.21. The molecule has 0 aliphatic rings. The minimum Gasteiger partial charge on any atom is -0.479 e. The summed E-state index contributed by atoms with van der Waals surface area (Å²) < 4.78 is 6.08. The van der Waals surface area contributed by atoms with Gasteiger partial charge in [-0.1, -0.05) is 28.1 Å². The maximum absolute atomic E-state index is 10.5. The van der Waals surface area contributed by atoms with E-state index < -0.39 is 12.6 Å². The summed E-state index contributed by atoms with van der Waals surface area (Å²) in [5.41, 5.74) is 1.78. The second kappa shape index (κ2) is 7.03. The van der Waals surface area contributed by atoms with Crippen LogP contribution in [-0.4, -0.2) is 27.7 Å². The molecule has 1 aromatic carbocycles. The molecule has 1 heterocycles. The Morgan fingerprint density at radius 3 is 2.71 bits per heavy atom. The van der Waals surface area contributed by atoms with E-state index in [0.29, 0.717) is 18.2 Å². The van der Waals surface area contributed by atoms with Gasteiger partial charge in [-0.05, 0) is 24.6 Å². The molecule has 0 unspecified atom stereocenters. The van der Waals surface area contributed by atoms with Gasteiger partial charge in [0, 0.05) is 22.8 Å². The normalized spacial score (nSPS) is 10.2. The third-order valence-corrected chi connectivity index (χ3v) is 3.07. The average molecular weight is 352 g/mol. The number of nitrogens with one attached hydrogen (secondary N) is 1. The molecule has 0 radical (unpaired) electrons. The monoisotopic (exact) mass is 351 g/mol. The van der Waals surface area contributed by atoms with Crippen molar-refractivity contribution in [2.75, 3.05) is 11.9 Å². The number of carbonyl (C=O) groups is 1. The van der Waals surface area contributed by atoms with Crippen LogP contribution in [0.2, 0.25) is 0 Å². The quantitative estimate of drug-likeness (QED) is 0.832. The zero-order valence-corrected chi connectivity index (χ0v) is 12.9. The standard InChI is InChI=1S/C14H14BrN3O3/c1-9-6-12(21-8-13(19)20)18-14(17-9)16-7-10-2-4-11(15)5-3-10/h2-6H,7-8H2,1H3,(H,19,20)(H,16,17,18). The first kappa shape index (κ1) is 15.2. The van der Waals surface area contributed by atoms with Crippen molar-refractivity contribution in [3.8, 4) is 5.88 Å². The fourth-order valence-electron chi connectivity index (χ4n) is 1.61. The van der Waals surface area contributed by atoms with Crippen LogP contribution in [0.4, 0.5) is 5.95 Å². The minimum absolute atomic E-state index is 0.239. The van der Waals surface area contributed by atoms with Gasteiger partial charge in [0.2, 0.25) is 11.8 Å². The number of halogens is 1. The Balaban J connectivity index is 2.02. The number of hydrogen-bond donors (Lipinski definition) is 2. The summed E-state index contributed by atoms with van der Waals surface area (Å²) in [6, 6.07) is 9.46. The second-order valence-electron chi connectivity index (χ2n) is 4.33. The van der Waals surface area contributed by atoms with Crippen LogP contribution in [0.25, 0.3) is 0 Å². The van der Waals surface area contributed by atoms with E-state index in [1.165, 1.54) is 0 Å². The fourth-order valence-corrected chi connectivity index (χ4v) is 1.88. The van der Waals surface area contributed by atoms with Crippen molar-refractivity contribution in [1.82, 2.24) is 9.97 Å². The smallest absolute Gasteiger partial charge is 0.341 e. The third-order valence-electron chi connectivity index (χ3n) is 2.54. The molecule has 0 saturated heterocycles. The molecule has 0 spiro atoms. The highest BCUT2D eigenvalue weighted by atomic mass is 79.9. The number of rotatable bonds is 6. The van der Waals surface area contributed by atoms with E-state index in [0.717, 1.165) is 10.0 Å². The number of aliphatic carboxylic acids is 1. The molecular formula is C14H14BrN3O3. The Morgan fingerprint density at radius 2 is 2.05 bits per heavy atom. The van der Waals surface area contributed by atoms with Crippen molar-refractivity contribution < 1.29 is 14.6 Å². The zero-order chi connectivity index (χ0) is 15.2. The number of hydrogen-bond acceptors (Lipinski definition) is 5. The zero-order valence-electron chi connectivity index (χ0n) is 11.3. The number of carboxylic acid groups (broad SMARTS) is 1. The van der Waals surface area contributed by atoms with E-state index in [4.69, 9.17) is 9.84 Å². The third kappa shape index (κ3) is 5.03. The molecule has 0 fully saturated rings. The van der Waals surface area contributed by atoms with Gasteiger partial charge in [-0.2, -0.15) is 4.98 Å². The van der Waals surface area contributed by atoms with Crippen LogP contribution in [0.15, 0.2) is 34.8 Å². The second-order valence-corrected chi connectivity index (χ2v) is 5.25. The lowest BCUT2D eigenvalue weighted by molar-refractivity contribution is -0.139. The van der Waals surface area contributed by atoms with Crippen LogP contribution < -0.4 is 10.1 Å². The highest BCUT2D eigenvalue weighted by Crippen LogP contribution is 2.14. The summed E-state index contributed by atoms with van der Waals surface area (Å²) in [7, 11) is 0. The van der Waals surface area contributed by atoms with Crippen LogP contribution in [0.3, 0.4) is 0 Å². The number of anilines is 1. The van der Waals surface area contributed by atoms with Gasteiger partial charge < -0.3 is 15.2 Å². The summed E-state index contributed by atoms with van der Waals surface area (Å²) in [5, 5.41) is 11.7. The number of aromatic nitrogens is 2. The van der Waals surface area contributed by atoms with Gasteiger partial charge in [-0.25, -0.2) is 9.78 Å². The largest absolute Gasteiger partial charge is 0.479 e. The predicted octanol–water partition coefficient (Wildman–Crippen LogP) is 2.62. The molecule has 21 heavy (non-hydrogen) atoms. The van der Waals surface area contributed by atoms with E-state index in [1.54, 1.807) is 13.0 Å². The molecule has 7 heteroatoms. The topological polar surface area (TPSA) is 84.3 Å². The molecule has 2 aromatic rings. The molecule has 0 atom stereocenters. The van der Waals surface area contributed by atoms with Gasteiger partial charge in [-0.15, -0.1) is 0 Å². The molecule has 1 aromatic heterocycles. The van der Waals surface area contributed by atoms with Gasteiger partial charge in [0.1, 0.15) is 0 Å². The Hall–Kier alpha value is -2.15. The average Bonchev–Trinajstić information content (AvgIpc) is 2.44. The summed E-state index contributed by atoms with van der Waals surface area (Å²) in [4.78, 5) is 18.8.